The molecule has 20 heavy (non-hydrogen) atoms. The number of carbonyl (C=O) groups is 1. The molecule has 0 aromatic carbocycles. The largest absolute Gasteiger partial charge is 0.380 e. The lowest BCUT2D eigenvalue weighted by Crippen LogP contribution is -2.44. The third-order valence-corrected chi connectivity index (χ3v) is 4.37. The minimum atomic E-state index is 0. The normalized spacial score (nSPS) is 28.6. The van der Waals surface area contributed by atoms with Crippen molar-refractivity contribution in [3.05, 3.63) is 0 Å². The number of rotatable bonds is 7. The van der Waals surface area contributed by atoms with Gasteiger partial charge in [-0.2, -0.15) is 0 Å². The fourth-order valence-corrected chi connectivity index (χ4v) is 3.24. The van der Waals surface area contributed by atoms with Gasteiger partial charge in [0, 0.05) is 19.2 Å². The summed E-state index contributed by atoms with van der Waals surface area (Å²) in [6, 6.07) is 0.619. The van der Waals surface area contributed by atoms with E-state index < -0.39 is 0 Å². The lowest BCUT2D eigenvalue weighted by Gasteiger charge is -2.24. The molecule has 0 spiro atoms. The summed E-state index contributed by atoms with van der Waals surface area (Å²) in [6.07, 6.45) is 8.46. The average Bonchev–Trinajstić information content (AvgIpc) is 2.86. The first-order chi connectivity index (χ1) is 9.31. The summed E-state index contributed by atoms with van der Waals surface area (Å²) < 4.78 is 5.45. The van der Waals surface area contributed by atoms with Crippen molar-refractivity contribution in [2.45, 2.75) is 64.0 Å². The highest BCUT2D eigenvalue weighted by Crippen LogP contribution is 2.33. The molecular formula is C15H29ClN2O2. The maximum absolute atomic E-state index is 12.0. The zero-order valence-corrected chi connectivity index (χ0v) is 13.3. The van der Waals surface area contributed by atoms with Gasteiger partial charge in [-0.1, -0.05) is 26.2 Å². The molecule has 2 N–H and O–H groups in total. The molecule has 0 bridgehead atoms. The molecule has 1 saturated carbocycles. The monoisotopic (exact) mass is 304 g/mol. The molecule has 0 aromatic heterocycles. The van der Waals surface area contributed by atoms with Gasteiger partial charge in [0.25, 0.3) is 0 Å². The van der Waals surface area contributed by atoms with Crippen LogP contribution in [0.5, 0.6) is 0 Å². The maximum atomic E-state index is 12.0. The third-order valence-electron chi connectivity index (χ3n) is 4.37. The Morgan fingerprint density at radius 1 is 1.30 bits per heavy atom. The van der Waals surface area contributed by atoms with Crippen LogP contribution in [0.4, 0.5) is 0 Å². The van der Waals surface area contributed by atoms with Crippen molar-refractivity contribution < 1.29 is 9.53 Å². The summed E-state index contributed by atoms with van der Waals surface area (Å²) >= 11 is 0. The minimum absolute atomic E-state index is 0. The van der Waals surface area contributed by atoms with Gasteiger partial charge < -0.3 is 15.4 Å². The zero-order valence-electron chi connectivity index (χ0n) is 12.5. The van der Waals surface area contributed by atoms with Crippen molar-refractivity contribution in [3.8, 4) is 0 Å². The number of hydrogen-bond donors (Lipinski definition) is 2. The summed E-state index contributed by atoms with van der Waals surface area (Å²) in [5.41, 5.74) is 0. The average molecular weight is 305 g/mol. The topological polar surface area (TPSA) is 50.4 Å². The lowest BCUT2D eigenvalue weighted by atomic mass is 9.85. The van der Waals surface area contributed by atoms with Crippen LogP contribution in [0.25, 0.3) is 0 Å². The molecule has 3 atom stereocenters. The zero-order chi connectivity index (χ0) is 13.5. The third kappa shape index (κ3) is 5.23. The van der Waals surface area contributed by atoms with E-state index >= 15 is 0 Å². The van der Waals surface area contributed by atoms with Gasteiger partial charge in [0.1, 0.15) is 0 Å². The molecule has 0 aromatic rings. The van der Waals surface area contributed by atoms with E-state index in [2.05, 4.69) is 17.6 Å². The molecule has 1 amide bonds. The Balaban J connectivity index is 0.00000200. The molecule has 4 nitrogen and oxygen atoms in total. The second-order valence-corrected chi connectivity index (χ2v) is 5.86. The van der Waals surface area contributed by atoms with Gasteiger partial charge in [0.15, 0.2) is 0 Å². The first-order valence-corrected chi connectivity index (χ1v) is 7.92. The van der Waals surface area contributed by atoms with Gasteiger partial charge in [0.2, 0.25) is 5.91 Å². The van der Waals surface area contributed by atoms with Gasteiger partial charge in [0.05, 0.1) is 12.6 Å². The Labute approximate surface area is 128 Å². The van der Waals surface area contributed by atoms with E-state index in [0.717, 1.165) is 31.8 Å². The SMILES string of the molecule is CCCCOCCNC(=O)C1CC2CCCCC2N1.Cl. The number of ether oxygens (including phenoxy) is 1. The molecule has 5 heteroatoms. The highest BCUT2D eigenvalue weighted by Gasteiger charge is 2.37. The summed E-state index contributed by atoms with van der Waals surface area (Å²) in [5, 5.41) is 6.49. The molecule has 1 aliphatic heterocycles. The highest BCUT2D eigenvalue weighted by molar-refractivity contribution is 5.85. The van der Waals surface area contributed by atoms with E-state index in [9.17, 15) is 4.79 Å². The molecular weight excluding hydrogens is 276 g/mol. The molecule has 2 fully saturated rings. The Kier molecular flexibility index (Phi) is 8.50. The van der Waals surface area contributed by atoms with Crippen LogP contribution in [0.1, 0.15) is 51.9 Å². The van der Waals surface area contributed by atoms with E-state index in [0.29, 0.717) is 19.2 Å². The van der Waals surface area contributed by atoms with Crippen LogP contribution < -0.4 is 10.6 Å². The number of fused-ring (bicyclic) bond motifs is 1. The van der Waals surface area contributed by atoms with E-state index in [1.807, 2.05) is 0 Å². The molecule has 0 radical (unpaired) electrons. The van der Waals surface area contributed by atoms with Gasteiger partial charge >= 0.3 is 0 Å². The fourth-order valence-electron chi connectivity index (χ4n) is 3.24. The van der Waals surface area contributed by atoms with Gasteiger partial charge in [-0.3, -0.25) is 4.79 Å². The Hall–Kier alpha value is -0.320. The van der Waals surface area contributed by atoms with E-state index in [1.165, 1.54) is 25.7 Å². The van der Waals surface area contributed by atoms with Crippen LogP contribution in [-0.4, -0.2) is 37.7 Å². The second kappa shape index (κ2) is 9.59. The maximum Gasteiger partial charge on any atom is 0.237 e. The number of nitrogens with one attached hydrogen (secondary N) is 2. The number of hydrogen-bond acceptors (Lipinski definition) is 3. The Bertz CT molecular complexity index is 275. The van der Waals surface area contributed by atoms with Gasteiger partial charge in [-0.25, -0.2) is 0 Å². The number of unbranched alkanes of at least 4 members (excludes halogenated alkanes) is 1. The molecule has 1 saturated heterocycles. The second-order valence-electron chi connectivity index (χ2n) is 5.86. The van der Waals surface area contributed by atoms with Crippen LogP contribution in [0.2, 0.25) is 0 Å². The number of carbonyl (C=O) groups excluding carboxylic acids is 1. The standard InChI is InChI=1S/C15H28N2O2.ClH/c1-2-3-9-19-10-8-16-15(18)14-11-12-6-4-5-7-13(12)17-14;/h12-14,17H,2-11H2,1H3,(H,16,18);1H. The fraction of sp³-hybridized carbons (Fsp3) is 0.933. The van der Waals surface area contributed by atoms with Crippen LogP contribution >= 0.6 is 12.4 Å². The van der Waals surface area contributed by atoms with Gasteiger partial charge in [-0.05, 0) is 31.6 Å². The van der Waals surface area contributed by atoms with E-state index in [4.69, 9.17) is 4.74 Å². The lowest BCUT2D eigenvalue weighted by molar-refractivity contribution is -0.123. The molecule has 2 aliphatic rings. The molecule has 3 unspecified atom stereocenters. The minimum Gasteiger partial charge on any atom is -0.380 e. The van der Waals surface area contributed by atoms with Crippen LogP contribution in [0.15, 0.2) is 0 Å². The predicted octanol–water partition coefficient (Wildman–Crippen LogP) is 2.26. The summed E-state index contributed by atoms with van der Waals surface area (Å²) in [7, 11) is 0. The predicted molar refractivity (Wildman–Crippen MR) is 83.3 cm³/mol. The van der Waals surface area contributed by atoms with Crippen LogP contribution in [-0.2, 0) is 9.53 Å². The quantitative estimate of drug-likeness (QED) is 0.709. The molecule has 2 rings (SSSR count). The molecule has 1 heterocycles. The smallest absolute Gasteiger partial charge is 0.237 e. The number of amides is 1. The first-order valence-electron chi connectivity index (χ1n) is 7.92. The Morgan fingerprint density at radius 3 is 2.85 bits per heavy atom. The van der Waals surface area contributed by atoms with Gasteiger partial charge in [-0.15, -0.1) is 12.4 Å². The van der Waals surface area contributed by atoms with Crippen molar-refractivity contribution in [2.24, 2.45) is 5.92 Å². The molecule has 1 aliphatic carbocycles. The summed E-state index contributed by atoms with van der Waals surface area (Å²) in [5.74, 6) is 0.888. The first kappa shape index (κ1) is 17.7. The Morgan fingerprint density at radius 2 is 2.10 bits per heavy atom. The van der Waals surface area contributed by atoms with Crippen molar-refractivity contribution in [3.63, 3.8) is 0 Å². The summed E-state index contributed by atoms with van der Waals surface area (Å²) in [4.78, 5) is 12.0. The van der Waals surface area contributed by atoms with E-state index in [-0.39, 0.29) is 24.4 Å². The highest BCUT2D eigenvalue weighted by atomic mass is 35.5. The van der Waals surface area contributed by atoms with Crippen molar-refractivity contribution in [1.82, 2.24) is 10.6 Å². The van der Waals surface area contributed by atoms with Crippen molar-refractivity contribution >= 4 is 18.3 Å². The summed E-state index contributed by atoms with van der Waals surface area (Å²) in [6.45, 7) is 4.22. The number of halogens is 1. The van der Waals surface area contributed by atoms with Crippen LogP contribution in [0, 0.1) is 5.92 Å². The van der Waals surface area contributed by atoms with Crippen molar-refractivity contribution in [1.29, 1.82) is 0 Å². The van der Waals surface area contributed by atoms with E-state index in [1.54, 1.807) is 0 Å². The van der Waals surface area contributed by atoms with Crippen molar-refractivity contribution in [2.75, 3.05) is 19.8 Å². The molecule has 118 valence electrons. The van der Waals surface area contributed by atoms with Crippen LogP contribution in [0.3, 0.4) is 0 Å².